The molecule has 0 aliphatic heterocycles. The van der Waals surface area contributed by atoms with E-state index in [1.165, 1.54) is 0 Å². The number of nitrogens with two attached hydrogens (primary N) is 1. The molecule has 0 saturated heterocycles. The summed E-state index contributed by atoms with van der Waals surface area (Å²) in [6.45, 7) is 5.22. The Bertz CT molecular complexity index is 375. The molecule has 0 atom stereocenters. The van der Waals surface area contributed by atoms with Crippen molar-refractivity contribution in [2.45, 2.75) is 20.4 Å². The molecule has 2 N–H and O–H groups in total. The Morgan fingerprint density at radius 1 is 1.50 bits per heavy atom. The van der Waals surface area contributed by atoms with Crippen LogP contribution in [0.15, 0.2) is 0 Å². The van der Waals surface area contributed by atoms with E-state index in [0.717, 1.165) is 0 Å². The van der Waals surface area contributed by atoms with Crippen LogP contribution in [-0.4, -0.2) is 34.5 Å². The molecule has 16 heavy (non-hydrogen) atoms. The third-order valence-electron chi connectivity index (χ3n) is 2.24. The van der Waals surface area contributed by atoms with Gasteiger partial charge in [0, 0.05) is 6.54 Å². The molecule has 0 radical (unpaired) electrons. The van der Waals surface area contributed by atoms with Crippen LogP contribution in [0.25, 0.3) is 0 Å². The van der Waals surface area contributed by atoms with Gasteiger partial charge in [0.1, 0.15) is 11.4 Å². The second kappa shape index (κ2) is 5.57. The third-order valence-corrected chi connectivity index (χ3v) is 2.24. The van der Waals surface area contributed by atoms with E-state index >= 15 is 0 Å². The average Bonchev–Trinajstić information content (AvgIpc) is 2.49. The molecule has 0 unspecified atom stereocenters. The smallest absolute Gasteiger partial charge is 0.312 e. The van der Waals surface area contributed by atoms with Crippen LogP contribution in [0.4, 0.5) is 5.69 Å². The average molecular weight is 228 g/mol. The highest BCUT2D eigenvalue weighted by molar-refractivity contribution is 5.39. The van der Waals surface area contributed by atoms with Gasteiger partial charge in [0.15, 0.2) is 0 Å². The first kappa shape index (κ1) is 12.6. The number of hydrogen-bond acceptors (Lipinski definition) is 5. The van der Waals surface area contributed by atoms with Crippen LogP contribution in [0.5, 0.6) is 0 Å². The Morgan fingerprint density at radius 2 is 2.19 bits per heavy atom. The van der Waals surface area contributed by atoms with E-state index in [-0.39, 0.29) is 5.69 Å². The minimum Gasteiger partial charge on any atom is -0.378 e. The van der Waals surface area contributed by atoms with E-state index in [9.17, 15) is 10.1 Å². The number of nitrogens with zero attached hydrogens (tertiary/aromatic N) is 3. The van der Waals surface area contributed by atoms with Crippen LogP contribution < -0.4 is 5.73 Å². The fourth-order valence-corrected chi connectivity index (χ4v) is 1.51. The summed E-state index contributed by atoms with van der Waals surface area (Å²) in [5.74, 6) is 0. The molecule has 1 rings (SSSR count). The molecular weight excluding hydrogens is 212 g/mol. The number of rotatable bonds is 6. The van der Waals surface area contributed by atoms with E-state index in [4.69, 9.17) is 10.5 Å². The van der Waals surface area contributed by atoms with Gasteiger partial charge in [0.2, 0.25) is 0 Å². The van der Waals surface area contributed by atoms with Crippen LogP contribution in [-0.2, 0) is 11.3 Å². The molecule has 7 heteroatoms. The van der Waals surface area contributed by atoms with Gasteiger partial charge in [0.25, 0.3) is 0 Å². The van der Waals surface area contributed by atoms with Crippen molar-refractivity contribution in [3.05, 3.63) is 21.5 Å². The van der Waals surface area contributed by atoms with E-state index in [0.29, 0.717) is 37.7 Å². The van der Waals surface area contributed by atoms with Crippen molar-refractivity contribution in [3.8, 4) is 0 Å². The largest absolute Gasteiger partial charge is 0.378 e. The molecule has 1 aromatic rings. The Hall–Kier alpha value is -1.47. The van der Waals surface area contributed by atoms with Gasteiger partial charge in [-0.2, -0.15) is 5.10 Å². The van der Waals surface area contributed by atoms with Crippen LogP contribution in [0.3, 0.4) is 0 Å². The second-order valence-electron chi connectivity index (χ2n) is 3.40. The number of aryl methyl sites for hydroxylation is 1. The third kappa shape index (κ3) is 2.77. The number of hydrogen-bond donors (Lipinski definition) is 1. The maximum Gasteiger partial charge on any atom is 0.312 e. The lowest BCUT2D eigenvalue weighted by atomic mass is 10.3. The standard InChI is InChI=1S/C9H16N4O3/c1-7-9(13(14)15)8(2)12(11-7)4-6-16-5-3-10/h3-6,10H2,1-2H3. The summed E-state index contributed by atoms with van der Waals surface area (Å²) in [6.07, 6.45) is 0. The molecule has 90 valence electrons. The molecule has 0 amide bonds. The summed E-state index contributed by atoms with van der Waals surface area (Å²) < 4.78 is 6.78. The van der Waals surface area contributed by atoms with Crippen molar-refractivity contribution in [2.75, 3.05) is 19.8 Å². The zero-order chi connectivity index (χ0) is 12.1. The number of ether oxygens (including phenoxy) is 1. The zero-order valence-corrected chi connectivity index (χ0v) is 9.47. The summed E-state index contributed by atoms with van der Waals surface area (Å²) in [6, 6.07) is 0. The molecular formula is C9H16N4O3. The fourth-order valence-electron chi connectivity index (χ4n) is 1.51. The minimum absolute atomic E-state index is 0.0822. The Labute approximate surface area is 93.3 Å². The molecule has 1 aromatic heterocycles. The Balaban J connectivity index is 2.67. The molecule has 1 heterocycles. The van der Waals surface area contributed by atoms with Gasteiger partial charge >= 0.3 is 5.69 Å². The van der Waals surface area contributed by atoms with Gasteiger partial charge in [-0.3, -0.25) is 14.8 Å². The van der Waals surface area contributed by atoms with Gasteiger partial charge in [-0.25, -0.2) is 0 Å². The Kier molecular flexibility index (Phi) is 4.39. The first-order valence-corrected chi connectivity index (χ1v) is 5.04. The van der Waals surface area contributed by atoms with Crippen molar-refractivity contribution < 1.29 is 9.66 Å². The van der Waals surface area contributed by atoms with Gasteiger partial charge in [-0.1, -0.05) is 0 Å². The summed E-state index contributed by atoms with van der Waals surface area (Å²) in [5, 5.41) is 14.8. The number of aromatic nitrogens is 2. The predicted molar refractivity (Wildman–Crippen MR) is 58.2 cm³/mol. The summed E-state index contributed by atoms with van der Waals surface area (Å²) in [4.78, 5) is 10.3. The van der Waals surface area contributed by atoms with Crippen molar-refractivity contribution in [1.29, 1.82) is 0 Å². The second-order valence-corrected chi connectivity index (χ2v) is 3.40. The maximum absolute atomic E-state index is 10.7. The van der Waals surface area contributed by atoms with Crippen molar-refractivity contribution >= 4 is 5.69 Å². The lowest BCUT2D eigenvalue weighted by Gasteiger charge is -2.04. The fraction of sp³-hybridized carbons (Fsp3) is 0.667. The van der Waals surface area contributed by atoms with E-state index in [1.54, 1.807) is 18.5 Å². The topological polar surface area (TPSA) is 96.2 Å². The molecule has 0 spiro atoms. The van der Waals surface area contributed by atoms with Gasteiger partial charge in [0.05, 0.1) is 24.7 Å². The van der Waals surface area contributed by atoms with E-state index in [2.05, 4.69) is 5.10 Å². The molecule has 0 aliphatic carbocycles. The lowest BCUT2D eigenvalue weighted by Crippen LogP contribution is -2.13. The highest BCUT2D eigenvalue weighted by Gasteiger charge is 2.21. The number of nitro groups is 1. The van der Waals surface area contributed by atoms with Gasteiger partial charge in [-0.15, -0.1) is 0 Å². The lowest BCUT2D eigenvalue weighted by molar-refractivity contribution is -0.386. The van der Waals surface area contributed by atoms with Crippen LogP contribution >= 0.6 is 0 Å². The van der Waals surface area contributed by atoms with E-state index in [1.807, 2.05) is 0 Å². The molecule has 0 bridgehead atoms. The van der Waals surface area contributed by atoms with Crippen molar-refractivity contribution in [2.24, 2.45) is 5.73 Å². The maximum atomic E-state index is 10.7. The zero-order valence-electron chi connectivity index (χ0n) is 9.47. The van der Waals surface area contributed by atoms with Crippen molar-refractivity contribution in [1.82, 2.24) is 9.78 Å². The highest BCUT2D eigenvalue weighted by Crippen LogP contribution is 2.21. The first-order valence-electron chi connectivity index (χ1n) is 5.04. The summed E-state index contributed by atoms with van der Waals surface area (Å²) in [7, 11) is 0. The molecule has 0 fully saturated rings. The van der Waals surface area contributed by atoms with Gasteiger partial charge < -0.3 is 10.5 Å². The Morgan fingerprint density at radius 3 is 2.69 bits per heavy atom. The highest BCUT2D eigenvalue weighted by atomic mass is 16.6. The van der Waals surface area contributed by atoms with Crippen molar-refractivity contribution in [3.63, 3.8) is 0 Å². The SMILES string of the molecule is Cc1nn(CCOCCN)c(C)c1[N+](=O)[O-]. The van der Waals surface area contributed by atoms with E-state index < -0.39 is 4.92 Å². The van der Waals surface area contributed by atoms with Gasteiger partial charge in [-0.05, 0) is 13.8 Å². The quantitative estimate of drug-likeness (QED) is 0.431. The first-order chi connectivity index (χ1) is 7.57. The molecule has 0 aliphatic rings. The normalized spacial score (nSPS) is 10.7. The van der Waals surface area contributed by atoms with Crippen LogP contribution in [0.2, 0.25) is 0 Å². The summed E-state index contributed by atoms with van der Waals surface area (Å²) in [5.41, 5.74) is 6.34. The molecule has 7 nitrogen and oxygen atoms in total. The summed E-state index contributed by atoms with van der Waals surface area (Å²) >= 11 is 0. The molecule has 0 saturated carbocycles. The molecule has 0 aromatic carbocycles. The predicted octanol–water partition coefficient (Wildman–Crippen LogP) is 0.383. The monoisotopic (exact) mass is 228 g/mol. The van der Waals surface area contributed by atoms with Crippen LogP contribution in [0.1, 0.15) is 11.4 Å². The minimum atomic E-state index is -0.408. The van der Waals surface area contributed by atoms with Crippen LogP contribution in [0, 0.1) is 24.0 Å².